The van der Waals surface area contributed by atoms with Gasteiger partial charge in [-0.1, -0.05) is 61.5 Å². The molecule has 0 unspecified atom stereocenters. The molecule has 10 nitrogen and oxygen atoms in total. The summed E-state index contributed by atoms with van der Waals surface area (Å²) in [5, 5.41) is 21.4. The average Bonchev–Trinajstić information content (AvgIpc) is 3.34. The van der Waals surface area contributed by atoms with Gasteiger partial charge in [0, 0.05) is 5.56 Å². The zero-order valence-electron chi connectivity index (χ0n) is 15.8. The Morgan fingerprint density at radius 1 is 1.21 bits per heavy atom. The van der Waals surface area contributed by atoms with Crippen molar-refractivity contribution in [1.82, 2.24) is 30.7 Å². The molecule has 0 aliphatic heterocycles. The molecule has 146 valence electrons. The Morgan fingerprint density at radius 3 is 2.76 bits per heavy atom. The number of amides is 1. The fourth-order valence-electron chi connectivity index (χ4n) is 3.04. The molecule has 4 aromatic rings. The second-order valence-corrected chi connectivity index (χ2v) is 6.63. The van der Waals surface area contributed by atoms with Crippen LogP contribution in [0.15, 0.2) is 52.2 Å². The minimum Gasteiger partial charge on any atom is -0.378 e. The Balaban J connectivity index is 1.60. The van der Waals surface area contributed by atoms with Gasteiger partial charge in [-0.25, -0.2) is 10.1 Å². The molecule has 0 atom stereocenters. The molecular formula is C19H18N8O2. The third-order valence-corrected chi connectivity index (χ3v) is 4.36. The van der Waals surface area contributed by atoms with E-state index in [1.807, 2.05) is 56.3 Å². The molecule has 4 rings (SSSR count). The van der Waals surface area contributed by atoms with Crippen molar-refractivity contribution >= 4 is 28.7 Å². The second-order valence-electron chi connectivity index (χ2n) is 6.63. The molecule has 0 saturated heterocycles. The van der Waals surface area contributed by atoms with Crippen molar-refractivity contribution in [3.05, 3.63) is 59.4 Å². The lowest BCUT2D eigenvalue weighted by atomic mass is 10.1. The molecule has 1 amide bonds. The Bertz CT molecular complexity index is 1200. The number of nitrogens with zero attached hydrogens (tertiary/aromatic N) is 6. The third kappa shape index (κ3) is 3.43. The smallest absolute Gasteiger partial charge is 0.293 e. The van der Waals surface area contributed by atoms with Crippen LogP contribution in [0.2, 0.25) is 0 Å². The number of rotatable bonds is 5. The molecule has 2 aromatic carbocycles. The highest BCUT2D eigenvalue weighted by atomic mass is 16.6. The van der Waals surface area contributed by atoms with E-state index in [1.165, 1.54) is 4.68 Å². The summed E-state index contributed by atoms with van der Waals surface area (Å²) in [7, 11) is 0. The van der Waals surface area contributed by atoms with Gasteiger partial charge in [0.1, 0.15) is 0 Å². The van der Waals surface area contributed by atoms with Crippen LogP contribution in [0.1, 0.15) is 41.5 Å². The van der Waals surface area contributed by atoms with E-state index in [9.17, 15) is 4.79 Å². The molecule has 0 aliphatic rings. The Morgan fingerprint density at radius 2 is 2.00 bits per heavy atom. The standard InChI is InChI=1S/C19H18N8O2/c1-11(2)16-15(22-26-27(16)18-17(20)24-29-25-18)19(28)23-21-10-13-8-5-7-12-6-3-4-9-14(12)13/h3-11H,1-2H3,(H2,20,24)(H,23,28). The van der Waals surface area contributed by atoms with Crippen LogP contribution < -0.4 is 11.2 Å². The van der Waals surface area contributed by atoms with Gasteiger partial charge in [0.05, 0.1) is 11.9 Å². The van der Waals surface area contributed by atoms with Crippen LogP contribution in [0.5, 0.6) is 0 Å². The first kappa shape index (κ1) is 18.3. The maximum atomic E-state index is 12.7. The molecule has 0 spiro atoms. The lowest BCUT2D eigenvalue weighted by molar-refractivity contribution is 0.0948. The van der Waals surface area contributed by atoms with Gasteiger partial charge in [-0.2, -0.15) is 9.78 Å². The second kappa shape index (κ2) is 7.50. The molecule has 0 aliphatic carbocycles. The van der Waals surface area contributed by atoms with Crippen molar-refractivity contribution in [3.63, 3.8) is 0 Å². The summed E-state index contributed by atoms with van der Waals surface area (Å²) in [4.78, 5) is 12.7. The minimum absolute atomic E-state index is 0.0535. The van der Waals surface area contributed by atoms with Gasteiger partial charge in [0.25, 0.3) is 5.91 Å². The number of fused-ring (bicyclic) bond motifs is 1. The molecule has 29 heavy (non-hydrogen) atoms. The summed E-state index contributed by atoms with van der Waals surface area (Å²) in [5.41, 5.74) is 9.77. The predicted octanol–water partition coefficient (Wildman–Crippen LogP) is 2.27. The largest absolute Gasteiger partial charge is 0.378 e. The van der Waals surface area contributed by atoms with Crippen LogP contribution in [0.3, 0.4) is 0 Å². The predicted molar refractivity (Wildman–Crippen MR) is 107 cm³/mol. The maximum Gasteiger partial charge on any atom is 0.293 e. The summed E-state index contributed by atoms with van der Waals surface area (Å²) in [6.45, 7) is 3.80. The molecule has 2 aromatic heterocycles. The molecule has 0 saturated carbocycles. The van der Waals surface area contributed by atoms with Crippen molar-refractivity contribution in [3.8, 4) is 5.82 Å². The normalized spacial score (nSPS) is 11.6. The van der Waals surface area contributed by atoms with E-state index >= 15 is 0 Å². The molecule has 2 heterocycles. The highest BCUT2D eigenvalue weighted by Gasteiger charge is 2.25. The number of nitrogens with two attached hydrogens (primary N) is 1. The fraction of sp³-hybridized carbons (Fsp3) is 0.158. The van der Waals surface area contributed by atoms with Gasteiger partial charge in [0.2, 0.25) is 11.6 Å². The average molecular weight is 390 g/mol. The Hall–Kier alpha value is -4.08. The van der Waals surface area contributed by atoms with Crippen LogP contribution in [-0.4, -0.2) is 37.4 Å². The molecule has 0 fully saturated rings. The van der Waals surface area contributed by atoms with Crippen LogP contribution in [0.4, 0.5) is 5.82 Å². The molecule has 3 N–H and O–H groups in total. The van der Waals surface area contributed by atoms with Gasteiger partial charge in [-0.05, 0) is 27.0 Å². The summed E-state index contributed by atoms with van der Waals surface area (Å²) >= 11 is 0. The lowest BCUT2D eigenvalue weighted by Crippen LogP contribution is -2.21. The monoisotopic (exact) mass is 390 g/mol. The quantitative estimate of drug-likeness (QED) is 0.394. The van der Waals surface area contributed by atoms with E-state index in [0.717, 1.165) is 16.3 Å². The molecule has 10 heteroatoms. The number of benzene rings is 2. The number of carbonyl (C=O) groups excluding carboxylic acids is 1. The number of carbonyl (C=O) groups is 1. The van der Waals surface area contributed by atoms with Gasteiger partial charge >= 0.3 is 0 Å². The summed E-state index contributed by atoms with van der Waals surface area (Å²) < 4.78 is 5.96. The third-order valence-electron chi connectivity index (χ3n) is 4.36. The van der Waals surface area contributed by atoms with Gasteiger partial charge in [0.15, 0.2) is 5.69 Å². The SMILES string of the molecule is CC(C)c1c(C(=O)NN=Cc2cccc3ccccc23)nnn1-c1nonc1N. The highest BCUT2D eigenvalue weighted by Crippen LogP contribution is 2.22. The topological polar surface area (TPSA) is 137 Å². The van der Waals surface area contributed by atoms with Crippen molar-refractivity contribution in [2.75, 3.05) is 5.73 Å². The minimum atomic E-state index is -0.494. The van der Waals surface area contributed by atoms with E-state index in [0.29, 0.717) is 5.69 Å². The zero-order chi connectivity index (χ0) is 20.4. The Labute approximate surface area is 165 Å². The van der Waals surface area contributed by atoms with E-state index in [4.69, 9.17) is 5.73 Å². The van der Waals surface area contributed by atoms with Crippen molar-refractivity contribution in [2.45, 2.75) is 19.8 Å². The summed E-state index contributed by atoms with van der Waals surface area (Å²) in [6.07, 6.45) is 1.60. The van der Waals surface area contributed by atoms with Crippen LogP contribution in [-0.2, 0) is 0 Å². The Kier molecular flexibility index (Phi) is 4.73. The number of nitrogen functional groups attached to an aromatic ring is 1. The van der Waals surface area contributed by atoms with Crippen LogP contribution in [0, 0.1) is 0 Å². The zero-order valence-corrected chi connectivity index (χ0v) is 15.8. The number of hydrazone groups is 1. The molecule has 0 radical (unpaired) electrons. The van der Waals surface area contributed by atoms with Crippen molar-refractivity contribution in [1.29, 1.82) is 0 Å². The van der Waals surface area contributed by atoms with Crippen LogP contribution >= 0.6 is 0 Å². The highest BCUT2D eigenvalue weighted by molar-refractivity contribution is 6.00. The van der Waals surface area contributed by atoms with E-state index in [2.05, 4.69) is 35.8 Å². The first-order valence-corrected chi connectivity index (χ1v) is 8.91. The first-order valence-electron chi connectivity index (χ1n) is 8.91. The molecule has 0 bridgehead atoms. The number of aromatic nitrogens is 5. The van der Waals surface area contributed by atoms with Gasteiger partial charge in [-0.3, -0.25) is 4.79 Å². The number of hydrogen-bond acceptors (Lipinski definition) is 8. The summed E-state index contributed by atoms with van der Waals surface area (Å²) in [5.74, 6) is -0.354. The van der Waals surface area contributed by atoms with Gasteiger partial charge < -0.3 is 5.73 Å². The van der Waals surface area contributed by atoms with E-state index < -0.39 is 5.91 Å². The van der Waals surface area contributed by atoms with Crippen LogP contribution in [0.25, 0.3) is 16.6 Å². The van der Waals surface area contributed by atoms with Crippen molar-refractivity contribution in [2.24, 2.45) is 5.10 Å². The first-order chi connectivity index (χ1) is 14.1. The number of nitrogens with one attached hydrogen (secondary N) is 1. The summed E-state index contributed by atoms with van der Waals surface area (Å²) in [6, 6.07) is 13.8. The van der Waals surface area contributed by atoms with Gasteiger partial charge in [-0.15, -0.1) is 5.10 Å². The number of hydrogen-bond donors (Lipinski definition) is 2. The van der Waals surface area contributed by atoms with E-state index in [1.54, 1.807) is 6.21 Å². The number of anilines is 1. The maximum absolute atomic E-state index is 12.7. The van der Waals surface area contributed by atoms with Crippen molar-refractivity contribution < 1.29 is 9.42 Å². The van der Waals surface area contributed by atoms with E-state index in [-0.39, 0.29) is 23.2 Å². The lowest BCUT2D eigenvalue weighted by Gasteiger charge is -2.08. The molecular weight excluding hydrogens is 372 g/mol. The fourth-order valence-corrected chi connectivity index (χ4v) is 3.04.